The predicted octanol–water partition coefficient (Wildman–Crippen LogP) is 0.479. The van der Waals surface area contributed by atoms with Crippen molar-refractivity contribution in [2.24, 2.45) is 5.92 Å². The molecular formula is C11H22N2O2. The summed E-state index contributed by atoms with van der Waals surface area (Å²) in [6.07, 6.45) is 2.21. The van der Waals surface area contributed by atoms with E-state index < -0.39 is 0 Å². The first-order chi connectivity index (χ1) is 7.11. The average molecular weight is 214 g/mol. The molecule has 1 N–H and O–H groups in total. The lowest BCUT2D eigenvalue weighted by Crippen LogP contribution is -2.43. The Labute approximate surface area is 92.0 Å². The van der Waals surface area contributed by atoms with Crippen LogP contribution in [0.2, 0.25) is 0 Å². The molecule has 1 aliphatic rings. The zero-order valence-corrected chi connectivity index (χ0v) is 9.95. The third kappa shape index (κ3) is 4.18. The summed E-state index contributed by atoms with van der Waals surface area (Å²) in [5, 5.41) is 3.29. The number of hydrogen-bond donors (Lipinski definition) is 1. The lowest BCUT2D eigenvalue weighted by atomic mass is 10.00. The number of likely N-dealkylation sites (N-methyl/N-ethyl adjacent to an activating group) is 1. The fourth-order valence-electron chi connectivity index (χ4n) is 1.77. The fourth-order valence-corrected chi connectivity index (χ4v) is 1.77. The van der Waals surface area contributed by atoms with E-state index in [0.29, 0.717) is 5.92 Å². The Hall–Kier alpha value is -0.610. The van der Waals surface area contributed by atoms with Crippen molar-refractivity contribution in [3.8, 4) is 0 Å². The Balaban J connectivity index is 2.20. The number of carbonyl (C=O) groups excluding carboxylic acids is 1. The minimum atomic E-state index is -0.0807. The molecule has 1 saturated heterocycles. The summed E-state index contributed by atoms with van der Waals surface area (Å²) < 4.78 is 5.29. The van der Waals surface area contributed by atoms with Gasteiger partial charge in [0.05, 0.1) is 6.04 Å². The van der Waals surface area contributed by atoms with Crippen molar-refractivity contribution in [1.29, 1.82) is 0 Å². The second kappa shape index (κ2) is 6.08. The van der Waals surface area contributed by atoms with Crippen LogP contribution in [0, 0.1) is 5.92 Å². The van der Waals surface area contributed by atoms with Crippen molar-refractivity contribution in [2.45, 2.75) is 25.8 Å². The molecule has 0 aromatic carbocycles. The third-order valence-electron chi connectivity index (χ3n) is 2.86. The van der Waals surface area contributed by atoms with E-state index in [1.165, 1.54) is 0 Å². The second-order valence-corrected chi connectivity index (χ2v) is 4.42. The molecule has 1 rings (SSSR count). The number of ether oxygens (including phenoxy) is 1. The molecule has 4 heteroatoms. The molecule has 0 aromatic heterocycles. The summed E-state index contributed by atoms with van der Waals surface area (Å²) in [4.78, 5) is 13.2. The van der Waals surface area contributed by atoms with Gasteiger partial charge >= 0.3 is 0 Å². The van der Waals surface area contributed by atoms with Gasteiger partial charge < -0.3 is 15.0 Å². The minimum Gasteiger partial charge on any atom is -0.381 e. The maximum absolute atomic E-state index is 11.6. The molecule has 0 radical (unpaired) electrons. The van der Waals surface area contributed by atoms with Gasteiger partial charge in [0.25, 0.3) is 0 Å². The van der Waals surface area contributed by atoms with E-state index >= 15 is 0 Å². The molecule has 1 heterocycles. The van der Waals surface area contributed by atoms with Gasteiger partial charge in [0.2, 0.25) is 5.91 Å². The van der Waals surface area contributed by atoms with Crippen LogP contribution in [-0.2, 0) is 9.53 Å². The highest BCUT2D eigenvalue weighted by Gasteiger charge is 2.18. The van der Waals surface area contributed by atoms with Crippen LogP contribution in [0.4, 0.5) is 0 Å². The van der Waals surface area contributed by atoms with E-state index in [1.54, 1.807) is 19.0 Å². The van der Waals surface area contributed by atoms with Crippen LogP contribution in [0.5, 0.6) is 0 Å². The van der Waals surface area contributed by atoms with Crippen molar-refractivity contribution in [3.63, 3.8) is 0 Å². The standard InChI is InChI=1S/C11H22N2O2/c1-9(11(14)13(2)3)12-8-10-4-6-15-7-5-10/h9-10,12H,4-8H2,1-3H3/t9-/m1/s1. The van der Waals surface area contributed by atoms with Gasteiger partial charge in [-0.2, -0.15) is 0 Å². The van der Waals surface area contributed by atoms with Gasteiger partial charge in [-0.3, -0.25) is 4.79 Å². The van der Waals surface area contributed by atoms with Crippen LogP contribution >= 0.6 is 0 Å². The zero-order valence-electron chi connectivity index (χ0n) is 9.95. The molecule has 88 valence electrons. The van der Waals surface area contributed by atoms with Crippen molar-refractivity contribution in [3.05, 3.63) is 0 Å². The number of amides is 1. The van der Waals surface area contributed by atoms with E-state index in [1.807, 2.05) is 6.92 Å². The molecule has 1 atom stereocenters. The predicted molar refractivity (Wildman–Crippen MR) is 59.7 cm³/mol. The second-order valence-electron chi connectivity index (χ2n) is 4.42. The quantitative estimate of drug-likeness (QED) is 0.740. The summed E-state index contributed by atoms with van der Waals surface area (Å²) in [5.74, 6) is 0.804. The van der Waals surface area contributed by atoms with E-state index in [4.69, 9.17) is 4.74 Å². The SMILES string of the molecule is C[C@@H](NCC1CCOCC1)C(=O)N(C)C. The Morgan fingerprint density at radius 2 is 2.07 bits per heavy atom. The first-order valence-electron chi connectivity index (χ1n) is 5.63. The smallest absolute Gasteiger partial charge is 0.238 e. The molecule has 0 spiro atoms. The van der Waals surface area contributed by atoms with Gasteiger partial charge in [0.1, 0.15) is 0 Å². The summed E-state index contributed by atoms with van der Waals surface area (Å²) in [6.45, 7) is 4.57. The van der Waals surface area contributed by atoms with Gasteiger partial charge in [-0.25, -0.2) is 0 Å². The van der Waals surface area contributed by atoms with Gasteiger partial charge in [-0.15, -0.1) is 0 Å². The Kier molecular flexibility index (Phi) is 5.05. The van der Waals surface area contributed by atoms with E-state index in [-0.39, 0.29) is 11.9 Å². The fraction of sp³-hybridized carbons (Fsp3) is 0.909. The molecule has 0 aromatic rings. The van der Waals surface area contributed by atoms with Gasteiger partial charge in [0.15, 0.2) is 0 Å². The minimum absolute atomic E-state index is 0.0807. The highest BCUT2D eigenvalue weighted by atomic mass is 16.5. The molecule has 0 bridgehead atoms. The van der Waals surface area contributed by atoms with E-state index in [9.17, 15) is 4.79 Å². The molecule has 15 heavy (non-hydrogen) atoms. The van der Waals surface area contributed by atoms with Crippen molar-refractivity contribution >= 4 is 5.91 Å². The topological polar surface area (TPSA) is 41.6 Å². The van der Waals surface area contributed by atoms with Crippen LogP contribution in [0.3, 0.4) is 0 Å². The Morgan fingerprint density at radius 3 is 2.60 bits per heavy atom. The lowest BCUT2D eigenvalue weighted by Gasteiger charge is -2.25. The van der Waals surface area contributed by atoms with Crippen LogP contribution < -0.4 is 5.32 Å². The molecule has 1 aliphatic heterocycles. The summed E-state index contributed by atoms with van der Waals surface area (Å²) >= 11 is 0. The third-order valence-corrected chi connectivity index (χ3v) is 2.86. The first-order valence-corrected chi connectivity index (χ1v) is 5.63. The summed E-state index contributed by atoms with van der Waals surface area (Å²) in [6, 6.07) is -0.0807. The van der Waals surface area contributed by atoms with Gasteiger partial charge in [-0.1, -0.05) is 0 Å². The monoisotopic (exact) mass is 214 g/mol. The number of carbonyl (C=O) groups is 1. The van der Waals surface area contributed by atoms with Crippen molar-refractivity contribution in [1.82, 2.24) is 10.2 Å². The van der Waals surface area contributed by atoms with Gasteiger partial charge in [-0.05, 0) is 32.2 Å². The Bertz CT molecular complexity index is 201. The molecular weight excluding hydrogens is 192 g/mol. The molecule has 4 nitrogen and oxygen atoms in total. The van der Waals surface area contributed by atoms with Crippen LogP contribution in [0.25, 0.3) is 0 Å². The zero-order chi connectivity index (χ0) is 11.3. The van der Waals surface area contributed by atoms with Crippen LogP contribution in [0.1, 0.15) is 19.8 Å². The van der Waals surface area contributed by atoms with Crippen LogP contribution in [0.15, 0.2) is 0 Å². The largest absolute Gasteiger partial charge is 0.381 e. The molecule has 1 amide bonds. The maximum Gasteiger partial charge on any atom is 0.238 e. The average Bonchev–Trinajstić information content (AvgIpc) is 2.26. The summed E-state index contributed by atoms with van der Waals surface area (Å²) in [7, 11) is 3.57. The number of rotatable bonds is 4. The number of hydrogen-bond acceptors (Lipinski definition) is 3. The normalized spacial score (nSPS) is 19.9. The van der Waals surface area contributed by atoms with E-state index in [2.05, 4.69) is 5.32 Å². The highest BCUT2D eigenvalue weighted by Crippen LogP contribution is 2.13. The van der Waals surface area contributed by atoms with Crippen molar-refractivity contribution in [2.75, 3.05) is 33.9 Å². The summed E-state index contributed by atoms with van der Waals surface area (Å²) in [5.41, 5.74) is 0. The maximum atomic E-state index is 11.6. The Morgan fingerprint density at radius 1 is 1.47 bits per heavy atom. The number of nitrogens with one attached hydrogen (secondary N) is 1. The first kappa shape index (κ1) is 12.5. The van der Waals surface area contributed by atoms with Crippen LogP contribution in [-0.4, -0.2) is 50.7 Å². The molecule has 0 aliphatic carbocycles. The molecule has 1 fully saturated rings. The number of nitrogens with zero attached hydrogens (tertiary/aromatic N) is 1. The van der Waals surface area contributed by atoms with Crippen molar-refractivity contribution < 1.29 is 9.53 Å². The van der Waals surface area contributed by atoms with Gasteiger partial charge in [0, 0.05) is 27.3 Å². The lowest BCUT2D eigenvalue weighted by molar-refractivity contribution is -0.130. The molecule has 0 unspecified atom stereocenters. The highest BCUT2D eigenvalue weighted by molar-refractivity contribution is 5.80. The molecule has 0 saturated carbocycles. The van der Waals surface area contributed by atoms with E-state index in [0.717, 1.165) is 32.6 Å².